The fourth-order valence-corrected chi connectivity index (χ4v) is 3.56. The molecule has 1 aliphatic heterocycles. The Bertz CT molecular complexity index is 537. The van der Waals surface area contributed by atoms with Crippen molar-refractivity contribution in [3.63, 3.8) is 0 Å². The highest BCUT2D eigenvalue weighted by Crippen LogP contribution is 2.16. The standard InChI is InChI=1S/C12H14F3NO2S/c13-10-5-8(6-11(14)12(10)15)7-16-9-1-3-19(17,18)4-2-9/h5-6,9,16H,1-4,7H2. The molecule has 1 fully saturated rings. The molecular formula is C12H14F3NO2S. The van der Waals surface area contributed by atoms with Crippen LogP contribution in [0.1, 0.15) is 18.4 Å². The number of nitrogens with one attached hydrogen (secondary N) is 1. The maximum atomic E-state index is 13.0. The van der Waals surface area contributed by atoms with E-state index in [9.17, 15) is 21.6 Å². The van der Waals surface area contributed by atoms with Gasteiger partial charge in [-0.3, -0.25) is 0 Å². The van der Waals surface area contributed by atoms with Gasteiger partial charge in [0.05, 0.1) is 11.5 Å². The van der Waals surface area contributed by atoms with Crippen LogP contribution in [0.3, 0.4) is 0 Å². The maximum Gasteiger partial charge on any atom is 0.194 e. The van der Waals surface area contributed by atoms with Crippen LogP contribution >= 0.6 is 0 Å². The van der Waals surface area contributed by atoms with E-state index in [4.69, 9.17) is 0 Å². The molecule has 3 nitrogen and oxygen atoms in total. The fourth-order valence-electron chi connectivity index (χ4n) is 2.07. The van der Waals surface area contributed by atoms with Crippen LogP contribution in [0, 0.1) is 17.5 Å². The number of rotatable bonds is 3. The van der Waals surface area contributed by atoms with Gasteiger partial charge in [-0.1, -0.05) is 0 Å². The molecule has 0 aromatic heterocycles. The molecule has 0 spiro atoms. The molecule has 0 radical (unpaired) electrons. The van der Waals surface area contributed by atoms with Crippen LogP contribution in [0.25, 0.3) is 0 Å². The maximum absolute atomic E-state index is 13.0. The molecule has 0 atom stereocenters. The minimum Gasteiger partial charge on any atom is -0.310 e. The number of halogens is 3. The lowest BCUT2D eigenvalue weighted by Crippen LogP contribution is -2.37. The second kappa shape index (κ2) is 5.50. The van der Waals surface area contributed by atoms with Gasteiger partial charge in [0.1, 0.15) is 9.84 Å². The summed E-state index contributed by atoms with van der Waals surface area (Å²) in [5.74, 6) is -3.67. The minimum atomic E-state index is -2.93. The van der Waals surface area contributed by atoms with Crippen molar-refractivity contribution < 1.29 is 21.6 Å². The zero-order valence-corrected chi connectivity index (χ0v) is 10.9. The molecule has 1 N–H and O–H groups in total. The molecule has 19 heavy (non-hydrogen) atoms. The largest absolute Gasteiger partial charge is 0.310 e. The first-order chi connectivity index (χ1) is 8.87. The van der Waals surface area contributed by atoms with E-state index in [1.165, 1.54) is 0 Å². The minimum absolute atomic E-state index is 0.000277. The summed E-state index contributed by atoms with van der Waals surface area (Å²) < 4.78 is 61.2. The molecule has 0 saturated carbocycles. The van der Waals surface area contributed by atoms with Crippen molar-refractivity contribution in [1.82, 2.24) is 5.32 Å². The van der Waals surface area contributed by atoms with Gasteiger partial charge in [-0.15, -0.1) is 0 Å². The van der Waals surface area contributed by atoms with E-state index < -0.39 is 27.3 Å². The summed E-state index contributed by atoms with van der Waals surface area (Å²) in [4.78, 5) is 0. The summed E-state index contributed by atoms with van der Waals surface area (Å²) in [6.45, 7) is 0.179. The van der Waals surface area contributed by atoms with Crippen LogP contribution < -0.4 is 5.32 Å². The van der Waals surface area contributed by atoms with Crippen LogP contribution in [0.2, 0.25) is 0 Å². The predicted octanol–water partition coefficient (Wildman–Crippen LogP) is 1.77. The molecule has 1 saturated heterocycles. The van der Waals surface area contributed by atoms with E-state index in [2.05, 4.69) is 5.32 Å². The third kappa shape index (κ3) is 3.70. The lowest BCUT2D eigenvalue weighted by atomic mass is 10.1. The highest BCUT2D eigenvalue weighted by Gasteiger charge is 2.23. The zero-order chi connectivity index (χ0) is 14.0. The third-order valence-electron chi connectivity index (χ3n) is 3.19. The van der Waals surface area contributed by atoms with Crippen molar-refractivity contribution in [1.29, 1.82) is 0 Å². The van der Waals surface area contributed by atoms with Gasteiger partial charge in [-0.25, -0.2) is 21.6 Å². The first-order valence-corrected chi connectivity index (χ1v) is 7.77. The Morgan fingerprint density at radius 2 is 1.63 bits per heavy atom. The Balaban J connectivity index is 1.93. The topological polar surface area (TPSA) is 46.2 Å². The number of sulfone groups is 1. The lowest BCUT2D eigenvalue weighted by Gasteiger charge is -2.23. The van der Waals surface area contributed by atoms with Crippen molar-refractivity contribution in [2.75, 3.05) is 11.5 Å². The Morgan fingerprint density at radius 1 is 1.11 bits per heavy atom. The summed E-state index contributed by atoms with van der Waals surface area (Å²) >= 11 is 0. The van der Waals surface area contributed by atoms with E-state index in [0.29, 0.717) is 18.4 Å². The molecule has 1 aromatic rings. The number of hydrogen-bond donors (Lipinski definition) is 1. The molecular weight excluding hydrogens is 279 g/mol. The predicted molar refractivity (Wildman–Crippen MR) is 64.8 cm³/mol. The highest BCUT2D eigenvalue weighted by atomic mass is 32.2. The monoisotopic (exact) mass is 293 g/mol. The van der Waals surface area contributed by atoms with Crippen molar-refractivity contribution in [3.8, 4) is 0 Å². The molecule has 1 aliphatic rings. The SMILES string of the molecule is O=S1(=O)CCC(NCc2cc(F)c(F)c(F)c2)CC1. The van der Waals surface area contributed by atoms with E-state index >= 15 is 0 Å². The van der Waals surface area contributed by atoms with Gasteiger partial charge in [0.2, 0.25) is 0 Å². The first kappa shape index (κ1) is 14.3. The average Bonchev–Trinajstić information content (AvgIpc) is 2.34. The molecule has 1 heterocycles. The highest BCUT2D eigenvalue weighted by molar-refractivity contribution is 7.91. The Labute approximate surface area is 109 Å². The zero-order valence-electron chi connectivity index (χ0n) is 10.1. The number of benzene rings is 1. The van der Waals surface area contributed by atoms with E-state index in [1.807, 2.05) is 0 Å². The molecule has 0 unspecified atom stereocenters. The van der Waals surface area contributed by atoms with Crippen molar-refractivity contribution >= 4 is 9.84 Å². The molecule has 7 heteroatoms. The fraction of sp³-hybridized carbons (Fsp3) is 0.500. The summed E-state index contributed by atoms with van der Waals surface area (Å²) in [5.41, 5.74) is 0.296. The second-order valence-corrected chi connectivity index (χ2v) is 6.98. The Morgan fingerprint density at radius 3 is 2.16 bits per heavy atom. The van der Waals surface area contributed by atoms with E-state index in [0.717, 1.165) is 12.1 Å². The normalized spacial score (nSPS) is 19.5. The second-order valence-electron chi connectivity index (χ2n) is 4.68. The van der Waals surface area contributed by atoms with Gasteiger partial charge in [0.15, 0.2) is 17.5 Å². The van der Waals surface area contributed by atoms with Crippen LogP contribution in [0.15, 0.2) is 12.1 Å². The third-order valence-corrected chi connectivity index (χ3v) is 4.91. The van der Waals surface area contributed by atoms with Crippen LogP contribution in [-0.2, 0) is 16.4 Å². The molecule has 106 valence electrons. The average molecular weight is 293 g/mol. The van der Waals surface area contributed by atoms with Crippen molar-refractivity contribution in [3.05, 3.63) is 35.1 Å². The molecule has 1 aromatic carbocycles. The van der Waals surface area contributed by atoms with Gasteiger partial charge in [0, 0.05) is 12.6 Å². The molecule has 2 rings (SSSR count). The summed E-state index contributed by atoms with van der Waals surface area (Å²) in [6.07, 6.45) is 0.961. The quantitative estimate of drug-likeness (QED) is 0.864. The van der Waals surface area contributed by atoms with Crippen LogP contribution in [-0.4, -0.2) is 26.0 Å². The van der Waals surface area contributed by atoms with Crippen molar-refractivity contribution in [2.45, 2.75) is 25.4 Å². The van der Waals surface area contributed by atoms with Gasteiger partial charge in [-0.2, -0.15) is 0 Å². The van der Waals surface area contributed by atoms with E-state index in [-0.39, 0.29) is 24.1 Å². The Hall–Kier alpha value is -1.08. The van der Waals surface area contributed by atoms with Crippen LogP contribution in [0.5, 0.6) is 0 Å². The number of hydrogen-bond acceptors (Lipinski definition) is 3. The van der Waals surface area contributed by atoms with E-state index in [1.54, 1.807) is 0 Å². The molecule has 0 amide bonds. The molecule has 0 bridgehead atoms. The lowest BCUT2D eigenvalue weighted by molar-refractivity contribution is 0.438. The van der Waals surface area contributed by atoms with Crippen molar-refractivity contribution in [2.24, 2.45) is 0 Å². The Kier molecular flexibility index (Phi) is 4.15. The first-order valence-electron chi connectivity index (χ1n) is 5.94. The summed E-state index contributed by atoms with van der Waals surface area (Å²) in [5, 5.41) is 3.03. The van der Waals surface area contributed by atoms with Gasteiger partial charge >= 0.3 is 0 Å². The van der Waals surface area contributed by atoms with Gasteiger partial charge in [-0.05, 0) is 30.5 Å². The smallest absolute Gasteiger partial charge is 0.194 e. The molecule has 0 aliphatic carbocycles. The van der Waals surface area contributed by atoms with Gasteiger partial charge < -0.3 is 5.32 Å². The van der Waals surface area contributed by atoms with Crippen LogP contribution in [0.4, 0.5) is 13.2 Å². The summed E-state index contributed by atoms with van der Waals surface area (Å²) in [7, 11) is -2.93. The van der Waals surface area contributed by atoms with Gasteiger partial charge in [0.25, 0.3) is 0 Å². The summed E-state index contributed by atoms with van der Waals surface area (Å²) in [6, 6.07) is 1.87.